The molecule has 0 spiro atoms. The maximum Gasteiger partial charge on any atom is 0.136 e. The van der Waals surface area contributed by atoms with Gasteiger partial charge in [-0.1, -0.05) is 0 Å². The number of hydrogen-bond acceptors (Lipinski definition) is 3. The van der Waals surface area contributed by atoms with Gasteiger partial charge in [0.05, 0.1) is 6.61 Å². The topological polar surface area (TPSA) is 29.5 Å². The number of carbonyl (C=O) groups is 1. The number of hydrogen-bond donors (Lipinski definition) is 0. The highest BCUT2D eigenvalue weighted by Gasteiger charge is 2.16. The number of ketones is 1. The Morgan fingerprint density at radius 2 is 1.81 bits per heavy atom. The lowest BCUT2D eigenvalue weighted by molar-refractivity contribution is -0.119. The summed E-state index contributed by atoms with van der Waals surface area (Å²) in [5.41, 5.74) is 1.18. The molecule has 0 saturated carbocycles. The van der Waals surface area contributed by atoms with Crippen molar-refractivity contribution in [3.05, 3.63) is 24.3 Å². The molecular formula is C13H17NO2. The number of benzene rings is 1. The molecular weight excluding hydrogens is 202 g/mol. The minimum Gasteiger partial charge on any atom is -0.494 e. The third kappa shape index (κ3) is 2.54. The average Bonchev–Trinajstić information content (AvgIpc) is 2.32. The minimum absolute atomic E-state index is 0.377. The predicted molar refractivity (Wildman–Crippen MR) is 64.1 cm³/mol. The molecule has 0 atom stereocenters. The number of ether oxygens (including phenoxy) is 1. The van der Waals surface area contributed by atoms with Crippen molar-refractivity contribution in [1.82, 2.24) is 0 Å². The maximum atomic E-state index is 11.1. The van der Waals surface area contributed by atoms with Gasteiger partial charge in [0.25, 0.3) is 0 Å². The second-order valence-electron chi connectivity index (χ2n) is 3.95. The van der Waals surface area contributed by atoms with E-state index in [4.69, 9.17) is 4.74 Å². The average molecular weight is 219 g/mol. The molecule has 0 bridgehead atoms. The molecule has 1 aliphatic heterocycles. The number of carbonyl (C=O) groups excluding carboxylic acids is 1. The SMILES string of the molecule is CCOc1ccc(N2CCC(=O)CC2)cc1. The highest BCUT2D eigenvalue weighted by molar-refractivity contribution is 5.81. The summed E-state index contributed by atoms with van der Waals surface area (Å²) in [6.45, 7) is 4.35. The Bertz CT molecular complexity index is 349. The fourth-order valence-corrected chi connectivity index (χ4v) is 1.93. The molecule has 86 valence electrons. The largest absolute Gasteiger partial charge is 0.494 e. The van der Waals surface area contributed by atoms with E-state index in [-0.39, 0.29) is 0 Å². The van der Waals surface area contributed by atoms with Gasteiger partial charge in [0.2, 0.25) is 0 Å². The second-order valence-corrected chi connectivity index (χ2v) is 3.95. The second kappa shape index (κ2) is 5.01. The summed E-state index contributed by atoms with van der Waals surface area (Å²) in [6, 6.07) is 8.08. The first kappa shape index (κ1) is 11.0. The first-order valence-corrected chi connectivity index (χ1v) is 5.79. The van der Waals surface area contributed by atoms with Crippen LogP contribution in [0.15, 0.2) is 24.3 Å². The molecule has 0 amide bonds. The van der Waals surface area contributed by atoms with Crippen molar-refractivity contribution >= 4 is 11.5 Å². The van der Waals surface area contributed by atoms with Crippen LogP contribution in [0.3, 0.4) is 0 Å². The lowest BCUT2D eigenvalue weighted by Crippen LogP contribution is -2.33. The predicted octanol–water partition coefficient (Wildman–Crippen LogP) is 2.25. The van der Waals surface area contributed by atoms with Gasteiger partial charge >= 0.3 is 0 Å². The van der Waals surface area contributed by atoms with Gasteiger partial charge in [-0.15, -0.1) is 0 Å². The van der Waals surface area contributed by atoms with Gasteiger partial charge in [0.1, 0.15) is 11.5 Å². The van der Waals surface area contributed by atoms with Crippen molar-refractivity contribution in [3.8, 4) is 5.75 Å². The summed E-state index contributed by atoms with van der Waals surface area (Å²) in [5.74, 6) is 1.28. The molecule has 1 fully saturated rings. The van der Waals surface area contributed by atoms with Crippen molar-refractivity contribution in [2.75, 3.05) is 24.6 Å². The number of Topliss-reactive ketones (excluding diaryl/α,β-unsaturated/α-hetero) is 1. The first-order valence-electron chi connectivity index (χ1n) is 5.79. The Morgan fingerprint density at radius 3 is 2.38 bits per heavy atom. The van der Waals surface area contributed by atoms with E-state index in [9.17, 15) is 4.79 Å². The number of nitrogens with zero attached hydrogens (tertiary/aromatic N) is 1. The summed E-state index contributed by atoms with van der Waals surface area (Å²) in [5, 5.41) is 0. The van der Waals surface area contributed by atoms with Crippen LogP contribution < -0.4 is 9.64 Å². The molecule has 1 aromatic carbocycles. The third-order valence-electron chi connectivity index (χ3n) is 2.83. The fourth-order valence-electron chi connectivity index (χ4n) is 1.93. The smallest absolute Gasteiger partial charge is 0.136 e. The lowest BCUT2D eigenvalue weighted by Gasteiger charge is -2.28. The molecule has 0 N–H and O–H groups in total. The number of anilines is 1. The highest BCUT2D eigenvalue weighted by atomic mass is 16.5. The normalized spacial score (nSPS) is 16.3. The molecule has 3 nitrogen and oxygen atoms in total. The summed E-state index contributed by atoms with van der Waals surface area (Å²) < 4.78 is 5.39. The Morgan fingerprint density at radius 1 is 1.19 bits per heavy atom. The van der Waals surface area contributed by atoms with Crippen LogP contribution in [0.25, 0.3) is 0 Å². The molecule has 0 aromatic heterocycles. The van der Waals surface area contributed by atoms with Crippen molar-refractivity contribution in [3.63, 3.8) is 0 Å². The number of piperidine rings is 1. The van der Waals surface area contributed by atoms with Crippen LogP contribution >= 0.6 is 0 Å². The van der Waals surface area contributed by atoms with E-state index >= 15 is 0 Å². The van der Waals surface area contributed by atoms with Crippen LogP contribution in [0.4, 0.5) is 5.69 Å². The van der Waals surface area contributed by atoms with Crippen LogP contribution in [0.1, 0.15) is 19.8 Å². The summed E-state index contributed by atoms with van der Waals surface area (Å²) in [6.07, 6.45) is 1.35. The molecule has 1 aliphatic rings. The van der Waals surface area contributed by atoms with Crippen LogP contribution in [-0.4, -0.2) is 25.5 Å². The molecule has 16 heavy (non-hydrogen) atoms. The van der Waals surface area contributed by atoms with Crippen LogP contribution in [0.5, 0.6) is 5.75 Å². The van der Waals surface area contributed by atoms with E-state index in [0.29, 0.717) is 25.2 Å². The zero-order chi connectivity index (χ0) is 11.4. The van der Waals surface area contributed by atoms with Gasteiger partial charge in [0.15, 0.2) is 0 Å². The molecule has 2 rings (SSSR count). The van der Waals surface area contributed by atoms with E-state index in [1.807, 2.05) is 19.1 Å². The Kier molecular flexibility index (Phi) is 3.44. The van der Waals surface area contributed by atoms with Gasteiger partial charge < -0.3 is 9.64 Å². The Balaban J connectivity index is 2.01. The first-order chi connectivity index (χ1) is 7.79. The zero-order valence-electron chi connectivity index (χ0n) is 9.61. The maximum absolute atomic E-state index is 11.1. The zero-order valence-corrected chi connectivity index (χ0v) is 9.61. The van der Waals surface area contributed by atoms with Crippen LogP contribution in [0.2, 0.25) is 0 Å². The van der Waals surface area contributed by atoms with Gasteiger partial charge in [0, 0.05) is 31.6 Å². The van der Waals surface area contributed by atoms with Gasteiger partial charge in [-0.25, -0.2) is 0 Å². The summed E-state index contributed by atoms with van der Waals surface area (Å²) in [4.78, 5) is 13.4. The Hall–Kier alpha value is -1.51. The molecule has 1 aromatic rings. The minimum atomic E-state index is 0.377. The third-order valence-corrected chi connectivity index (χ3v) is 2.83. The summed E-state index contributed by atoms with van der Waals surface area (Å²) in [7, 11) is 0. The van der Waals surface area contributed by atoms with E-state index in [2.05, 4.69) is 17.0 Å². The number of rotatable bonds is 3. The van der Waals surface area contributed by atoms with Crippen LogP contribution in [0, 0.1) is 0 Å². The molecule has 0 radical (unpaired) electrons. The van der Waals surface area contributed by atoms with Crippen molar-refractivity contribution in [2.45, 2.75) is 19.8 Å². The van der Waals surface area contributed by atoms with Gasteiger partial charge in [-0.2, -0.15) is 0 Å². The standard InChI is InChI=1S/C13H17NO2/c1-2-16-13-5-3-11(4-6-13)14-9-7-12(15)8-10-14/h3-6H,2,7-10H2,1H3. The molecule has 1 heterocycles. The van der Waals surface area contributed by atoms with Crippen molar-refractivity contribution in [2.24, 2.45) is 0 Å². The molecule has 0 unspecified atom stereocenters. The van der Waals surface area contributed by atoms with Crippen LogP contribution in [-0.2, 0) is 4.79 Å². The van der Waals surface area contributed by atoms with Gasteiger partial charge in [-0.3, -0.25) is 4.79 Å². The van der Waals surface area contributed by atoms with E-state index in [0.717, 1.165) is 18.8 Å². The Labute approximate surface area is 96.0 Å². The lowest BCUT2D eigenvalue weighted by atomic mass is 10.1. The van der Waals surface area contributed by atoms with E-state index in [1.54, 1.807) is 0 Å². The quantitative estimate of drug-likeness (QED) is 0.781. The van der Waals surface area contributed by atoms with Crippen molar-refractivity contribution < 1.29 is 9.53 Å². The molecule has 3 heteroatoms. The monoisotopic (exact) mass is 219 g/mol. The van der Waals surface area contributed by atoms with Gasteiger partial charge in [-0.05, 0) is 31.2 Å². The van der Waals surface area contributed by atoms with Crippen molar-refractivity contribution in [1.29, 1.82) is 0 Å². The summed E-state index contributed by atoms with van der Waals surface area (Å²) >= 11 is 0. The molecule has 0 aliphatic carbocycles. The highest BCUT2D eigenvalue weighted by Crippen LogP contribution is 2.21. The van der Waals surface area contributed by atoms with E-state index in [1.165, 1.54) is 5.69 Å². The fraction of sp³-hybridized carbons (Fsp3) is 0.462. The molecule has 1 saturated heterocycles. The van der Waals surface area contributed by atoms with E-state index < -0.39 is 0 Å².